The van der Waals surface area contributed by atoms with Crippen molar-refractivity contribution in [2.75, 3.05) is 0 Å². The van der Waals surface area contributed by atoms with Gasteiger partial charge in [0.25, 0.3) is 0 Å². The number of hydrogen-bond acceptors (Lipinski definition) is 3. The largest absolute Gasteiger partial charge is 0.455 e. The van der Waals surface area contributed by atoms with E-state index >= 15 is 0 Å². The minimum absolute atomic E-state index is 0.0142. The standard InChI is InChI=1S/C12H20O3/c1-12(2,14)9-5-3-4-6-10-7-8-11(13)15-10/h7-8,10,14H,3-6,9H2,1-2H3/t10-/m0/s1. The van der Waals surface area contributed by atoms with Crippen LogP contribution in [0.4, 0.5) is 0 Å². The topological polar surface area (TPSA) is 46.5 Å². The molecule has 0 radical (unpaired) electrons. The average Bonchev–Trinajstić information content (AvgIpc) is 2.49. The molecule has 1 heterocycles. The van der Waals surface area contributed by atoms with Gasteiger partial charge in [0.2, 0.25) is 0 Å². The van der Waals surface area contributed by atoms with Crippen LogP contribution in [0.1, 0.15) is 46.0 Å². The van der Waals surface area contributed by atoms with E-state index in [1.165, 1.54) is 6.08 Å². The monoisotopic (exact) mass is 212 g/mol. The molecular formula is C12H20O3. The zero-order valence-corrected chi connectivity index (χ0v) is 9.53. The first-order valence-corrected chi connectivity index (χ1v) is 5.58. The molecule has 86 valence electrons. The first-order chi connectivity index (χ1) is 6.97. The number of rotatable bonds is 6. The number of aliphatic hydroxyl groups is 1. The number of hydrogen-bond donors (Lipinski definition) is 1. The SMILES string of the molecule is CC(C)(O)CCCCC[C@H]1C=CC(=O)O1. The van der Waals surface area contributed by atoms with Crippen molar-refractivity contribution in [2.45, 2.75) is 57.7 Å². The Hall–Kier alpha value is -0.830. The quantitative estimate of drug-likeness (QED) is 0.542. The van der Waals surface area contributed by atoms with E-state index in [9.17, 15) is 9.90 Å². The van der Waals surface area contributed by atoms with Gasteiger partial charge in [-0.25, -0.2) is 4.79 Å². The highest BCUT2D eigenvalue weighted by atomic mass is 16.5. The van der Waals surface area contributed by atoms with E-state index < -0.39 is 5.60 Å². The molecule has 1 atom stereocenters. The Balaban J connectivity index is 1.98. The highest BCUT2D eigenvalue weighted by Crippen LogP contribution is 2.17. The molecule has 1 aliphatic rings. The molecule has 0 saturated carbocycles. The number of carbonyl (C=O) groups is 1. The molecule has 15 heavy (non-hydrogen) atoms. The van der Waals surface area contributed by atoms with Crippen molar-refractivity contribution >= 4 is 5.97 Å². The Kier molecular flexibility index (Phi) is 4.33. The molecule has 3 nitrogen and oxygen atoms in total. The Morgan fingerprint density at radius 1 is 1.40 bits per heavy atom. The number of cyclic esters (lactones) is 1. The van der Waals surface area contributed by atoms with Crippen molar-refractivity contribution < 1.29 is 14.6 Å². The number of carbonyl (C=O) groups excluding carboxylic acids is 1. The van der Waals surface area contributed by atoms with Crippen LogP contribution in [0, 0.1) is 0 Å². The summed E-state index contributed by atoms with van der Waals surface area (Å²) in [6.07, 6.45) is 8.15. The van der Waals surface area contributed by atoms with Crippen LogP contribution in [0.5, 0.6) is 0 Å². The first kappa shape index (κ1) is 12.2. The lowest BCUT2D eigenvalue weighted by Gasteiger charge is -2.16. The van der Waals surface area contributed by atoms with Crippen LogP contribution in [0.2, 0.25) is 0 Å². The predicted molar refractivity (Wildman–Crippen MR) is 58.4 cm³/mol. The first-order valence-electron chi connectivity index (χ1n) is 5.58. The normalized spacial score (nSPS) is 20.7. The number of unbranched alkanes of at least 4 members (excludes halogenated alkanes) is 2. The summed E-state index contributed by atoms with van der Waals surface area (Å²) in [5.74, 6) is -0.225. The molecular weight excluding hydrogens is 192 g/mol. The van der Waals surface area contributed by atoms with Gasteiger partial charge in [-0.05, 0) is 39.2 Å². The molecule has 3 heteroatoms. The fraction of sp³-hybridized carbons (Fsp3) is 0.750. The van der Waals surface area contributed by atoms with Gasteiger partial charge in [-0.15, -0.1) is 0 Å². The summed E-state index contributed by atoms with van der Waals surface area (Å²) in [5, 5.41) is 9.48. The average molecular weight is 212 g/mol. The van der Waals surface area contributed by atoms with Crippen molar-refractivity contribution in [1.82, 2.24) is 0 Å². The van der Waals surface area contributed by atoms with Crippen molar-refractivity contribution in [2.24, 2.45) is 0 Å². The van der Waals surface area contributed by atoms with Crippen LogP contribution in [-0.2, 0) is 9.53 Å². The van der Waals surface area contributed by atoms with E-state index in [1.54, 1.807) is 0 Å². The molecule has 1 N–H and O–H groups in total. The van der Waals surface area contributed by atoms with Crippen LogP contribution in [-0.4, -0.2) is 22.8 Å². The predicted octanol–water partition coefficient (Wildman–Crippen LogP) is 2.19. The van der Waals surface area contributed by atoms with E-state index in [1.807, 2.05) is 19.9 Å². The van der Waals surface area contributed by atoms with Gasteiger partial charge in [-0.1, -0.05) is 12.8 Å². The van der Waals surface area contributed by atoms with Crippen molar-refractivity contribution in [3.05, 3.63) is 12.2 Å². The lowest BCUT2D eigenvalue weighted by Crippen LogP contribution is -2.17. The van der Waals surface area contributed by atoms with E-state index in [4.69, 9.17) is 4.74 Å². The summed E-state index contributed by atoms with van der Waals surface area (Å²) in [7, 11) is 0. The summed E-state index contributed by atoms with van der Waals surface area (Å²) < 4.78 is 5.01. The molecule has 0 saturated heterocycles. The lowest BCUT2D eigenvalue weighted by molar-refractivity contribution is -0.138. The smallest absolute Gasteiger partial charge is 0.331 e. The summed E-state index contributed by atoms with van der Waals surface area (Å²) in [6.45, 7) is 3.66. The van der Waals surface area contributed by atoms with E-state index in [-0.39, 0.29) is 12.1 Å². The van der Waals surface area contributed by atoms with Crippen molar-refractivity contribution in [1.29, 1.82) is 0 Å². The Morgan fingerprint density at radius 2 is 2.13 bits per heavy atom. The molecule has 0 aliphatic carbocycles. The third-order valence-electron chi connectivity index (χ3n) is 2.49. The van der Waals surface area contributed by atoms with Gasteiger partial charge in [0, 0.05) is 6.08 Å². The Bertz CT molecular complexity index is 238. The van der Waals surface area contributed by atoms with Crippen LogP contribution in [0.25, 0.3) is 0 Å². The minimum atomic E-state index is -0.556. The molecule has 1 rings (SSSR count). The third-order valence-corrected chi connectivity index (χ3v) is 2.49. The van der Waals surface area contributed by atoms with Gasteiger partial charge in [-0.3, -0.25) is 0 Å². The van der Waals surface area contributed by atoms with E-state index in [2.05, 4.69) is 0 Å². The molecule has 0 fully saturated rings. The summed E-state index contributed by atoms with van der Waals surface area (Å²) in [5.41, 5.74) is -0.556. The third kappa shape index (κ3) is 5.57. The van der Waals surface area contributed by atoms with Crippen LogP contribution in [0.3, 0.4) is 0 Å². The maximum atomic E-state index is 10.7. The van der Waals surface area contributed by atoms with E-state index in [0.29, 0.717) is 0 Å². The molecule has 1 aliphatic heterocycles. The second kappa shape index (κ2) is 5.31. The van der Waals surface area contributed by atoms with Gasteiger partial charge in [-0.2, -0.15) is 0 Å². The lowest BCUT2D eigenvalue weighted by atomic mass is 10.00. The molecule has 0 bridgehead atoms. The van der Waals surface area contributed by atoms with Crippen molar-refractivity contribution in [3.8, 4) is 0 Å². The molecule has 0 spiro atoms. The molecule has 0 aromatic rings. The summed E-state index contributed by atoms with van der Waals surface area (Å²) in [4.78, 5) is 10.7. The minimum Gasteiger partial charge on any atom is -0.455 e. The zero-order chi connectivity index (χ0) is 11.3. The van der Waals surface area contributed by atoms with Gasteiger partial charge < -0.3 is 9.84 Å². The van der Waals surface area contributed by atoms with Crippen LogP contribution >= 0.6 is 0 Å². The number of esters is 1. The van der Waals surface area contributed by atoms with Gasteiger partial charge in [0.1, 0.15) is 6.10 Å². The molecule has 0 amide bonds. The zero-order valence-electron chi connectivity index (χ0n) is 9.53. The maximum absolute atomic E-state index is 10.7. The van der Waals surface area contributed by atoms with Crippen LogP contribution < -0.4 is 0 Å². The maximum Gasteiger partial charge on any atom is 0.331 e. The second-order valence-corrected chi connectivity index (χ2v) is 4.75. The highest BCUT2D eigenvalue weighted by molar-refractivity contribution is 5.84. The summed E-state index contributed by atoms with van der Waals surface area (Å²) >= 11 is 0. The summed E-state index contributed by atoms with van der Waals surface area (Å²) in [6, 6.07) is 0. The second-order valence-electron chi connectivity index (χ2n) is 4.75. The molecule has 0 aromatic heterocycles. The fourth-order valence-corrected chi connectivity index (χ4v) is 1.65. The van der Waals surface area contributed by atoms with Crippen molar-refractivity contribution in [3.63, 3.8) is 0 Å². The Morgan fingerprint density at radius 3 is 2.67 bits per heavy atom. The molecule has 0 unspecified atom stereocenters. The number of ether oxygens (including phenoxy) is 1. The highest BCUT2D eigenvalue weighted by Gasteiger charge is 2.16. The fourth-order valence-electron chi connectivity index (χ4n) is 1.65. The van der Waals surface area contributed by atoms with Gasteiger partial charge >= 0.3 is 5.97 Å². The Labute approximate surface area is 91.1 Å². The van der Waals surface area contributed by atoms with Gasteiger partial charge in [0.15, 0.2) is 0 Å². The molecule has 0 aromatic carbocycles. The van der Waals surface area contributed by atoms with Crippen LogP contribution in [0.15, 0.2) is 12.2 Å². The van der Waals surface area contributed by atoms with Gasteiger partial charge in [0.05, 0.1) is 5.60 Å². The van der Waals surface area contributed by atoms with E-state index in [0.717, 1.165) is 32.1 Å².